The van der Waals surface area contributed by atoms with E-state index in [1.165, 1.54) is 12.1 Å². The van der Waals surface area contributed by atoms with Crippen molar-refractivity contribution in [1.29, 1.82) is 0 Å². The molecule has 0 aliphatic rings. The van der Waals surface area contributed by atoms with Gasteiger partial charge in [0.05, 0.1) is 12.2 Å². The lowest BCUT2D eigenvalue weighted by atomic mass is 10.2. The van der Waals surface area contributed by atoms with Crippen LogP contribution in [0.3, 0.4) is 0 Å². The maximum absolute atomic E-state index is 12.6. The standard InChI is InChI=1S/C12H15F3NO.C2HF3O2/c1-2-16-8-5-9-17-11-7-4-3-6-10(11)12(13,14)15;3-2(4,5)1(6)7/h3,6-7,16H,2,5,8-9H2,1H3;(H,6,7). The van der Waals surface area contributed by atoms with Gasteiger partial charge in [0, 0.05) is 0 Å². The Kier molecular flexibility index (Phi) is 9.19. The normalized spacial score (nSPS) is 11.5. The molecule has 137 valence electrons. The van der Waals surface area contributed by atoms with Crippen LogP contribution in [0.4, 0.5) is 26.3 Å². The second-order valence-electron chi connectivity index (χ2n) is 4.28. The van der Waals surface area contributed by atoms with Gasteiger partial charge in [-0.15, -0.1) is 0 Å². The Morgan fingerprint density at radius 3 is 2.33 bits per heavy atom. The number of carboxylic acid groups (broad SMARTS) is 1. The first-order valence-corrected chi connectivity index (χ1v) is 6.71. The fourth-order valence-electron chi connectivity index (χ4n) is 1.32. The highest BCUT2D eigenvalue weighted by Crippen LogP contribution is 2.35. The van der Waals surface area contributed by atoms with E-state index in [-0.39, 0.29) is 12.4 Å². The summed E-state index contributed by atoms with van der Waals surface area (Å²) in [6.07, 6.45) is -8.80. The summed E-state index contributed by atoms with van der Waals surface area (Å²) in [6, 6.07) is 6.01. The third-order valence-electron chi connectivity index (χ3n) is 2.38. The van der Waals surface area contributed by atoms with Crippen LogP contribution in [0.25, 0.3) is 0 Å². The predicted octanol–water partition coefficient (Wildman–Crippen LogP) is 3.52. The van der Waals surface area contributed by atoms with Gasteiger partial charge < -0.3 is 15.2 Å². The van der Waals surface area contributed by atoms with Crippen molar-refractivity contribution < 1.29 is 41.0 Å². The van der Waals surface area contributed by atoms with Crippen molar-refractivity contribution in [3.8, 4) is 5.75 Å². The molecule has 1 radical (unpaired) electrons. The Bertz CT molecular complexity index is 502. The van der Waals surface area contributed by atoms with Gasteiger partial charge >= 0.3 is 18.3 Å². The van der Waals surface area contributed by atoms with E-state index in [2.05, 4.69) is 11.4 Å². The van der Waals surface area contributed by atoms with Gasteiger partial charge in [-0.1, -0.05) is 13.0 Å². The first-order valence-electron chi connectivity index (χ1n) is 6.71. The molecule has 2 N–H and O–H groups in total. The highest BCUT2D eigenvalue weighted by Gasteiger charge is 2.38. The molecule has 1 aromatic carbocycles. The minimum Gasteiger partial charge on any atom is -0.493 e. The lowest BCUT2D eigenvalue weighted by Gasteiger charge is -2.13. The third-order valence-corrected chi connectivity index (χ3v) is 2.38. The Hall–Kier alpha value is -1.97. The number of nitrogens with one attached hydrogen (secondary N) is 1. The predicted molar refractivity (Wildman–Crippen MR) is 72.6 cm³/mol. The summed E-state index contributed by atoms with van der Waals surface area (Å²) in [4.78, 5) is 8.90. The molecule has 0 atom stereocenters. The van der Waals surface area contributed by atoms with E-state index in [9.17, 15) is 26.3 Å². The van der Waals surface area contributed by atoms with Crippen molar-refractivity contribution in [1.82, 2.24) is 5.32 Å². The molecular formula is C14H16F6NO3. The van der Waals surface area contributed by atoms with E-state index in [1.807, 2.05) is 6.92 Å². The summed E-state index contributed by atoms with van der Waals surface area (Å²) in [5.74, 6) is -2.91. The summed E-state index contributed by atoms with van der Waals surface area (Å²) in [5, 5.41) is 10.2. The van der Waals surface area contributed by atoms with Crippen LogP contribution in [0.2, 0.25) is 0 Å². The zero-order chi connectivity index (χ0) is 18.8. The third kappa shape index (κ3) is 9.23. The average molecular weight is 360 g/mol. The lowest BCUT2D eigenvalue weighted by Crippen LogP contribution is -2.21. The molecule has 0 unspecified atom stereocenters. The molecular weight excluding hydrogens is 344 g/mol. The van der Waals surface area contributed by atoms with Gasteiger partial charge in [0.1, 0.15) is 5.75 Å². The van der Waals surface area contributed by atoms with Gasteiger partial charge in [-0.25, -0.2) is 4.79 Å². The van der Waals surface area contributed by atoms with Crippen LogP contribution < -0.4 is 10.1 Å². The van der Waals surface area contributed by atoms with Gasteiger partial charge in [-0.3, -0.25) is 0 Å². The minimum absolute atomic E-state index is 0.156. The second kappa shape index (κ2) is 10.0. The van der Waals surface area contributed by atoms with E-state index in [0.29, 0.717) is 6.42 Å². The van der Waals surface area contributed by atoms with Crippen LogP contribution in [-0.4, -0.2) is 36.9 Å². The van der Waals surface area contributed by atoms with Crippen LogP contribution in [0.1, 0.15) is 18.9 Å². The average Bonchev–Trinajstić information content (AvgIpc) is 2.46. The number of carboxylic acids is 1. The molecule has 10 heteroatoms. The molecule has 0 saturated carbocycles. The number of hydrogen-bond acceptors (Lipinski definition) is 3. The van der Waals surface area contributed by atoms with E-state index in [1.54, 1.807) is 0 Å². The Morgan fingerprint density at radius 2 is 1.88 bits per heavy atom. The van der Waals surface area contributed by atoms with Crippen LogP contribution in [0.15, 0.2) is 18.2 Å². The van der Waals surface area contributed by atoms with E-state index < -0.39 is 23.9 Å². The van der Waals surface area contributed by atoms with Crippen molar-refractivity contribution in [2.75, 3.05) is 19.7 Å². The van der Waals surface area contributed by atoms with Gasteiger partial charge in [-0.2, -0.15) is 26.3 Å². The summed E-state index contributed by atoms with van der Waals surface area (Å²) < 4.78 is 74.6. The second-order valence-corrected chi connectivity index (χ2v) is 4.28. The first-order chi connectivity index (χ1) is 11.0. The highest BCUT2D eigenvalue weighted by atomic mass is 19.4. The minimum atomic E-state index is -5.08. The quantitative estimate of drug-likeness (QED) is 0.602. The van der Waals surface area contributed by atoms with Crippen LogP contribution >= 0.6 is 0 Å². The molecule has 0 spiro atoms. The smallest absolute Gasteiger partial charge is 0.490 e. The molecule has 1 rings (SSSR count). The van der Waals surface area contributed by atoms with Crippen molar-refractivity contribution in [3.63, 3.8) is 0 Å². The van der Waals surface area contributed by atoms with E-state index in [4.69, 9.17) is 14.6 Å². The number of rotatable bonds is 6. The molecule has 0 saturated heterocycles. The van der Waals surface area contributed by atoms with Crippen molar-refractivity contribution in [2.45, 2.75) is 25.7 Å². The topological polar surface area (TPSA) is 58.6 Å². The first kappa shape index (κ1) is 22.0. The van der Waals surface area contributed by atoms with Gasteiger partial charge in [0.2, 0.25) is 0 Å². The highest BCUT2D eigenvalue weighted by molar-refractivity contribution is 5.73. The molecule has 0 heterocycles. The van der Waals surface area contributed by atoms with Gasteiger partial charge in [0.25, 0.3) is 0 Å². The van der Waals surface area contributed by atoms with Crippen molar-refractivity contribution in [3.05, 3.63) is 29.8 Å². The largest absolute Gasteiger partial charge is 0.493 e. The lowest BCUT2D eigenvalue weighted by molar-refractivity contribution is -0.192. The number of ether oxygens (including phenoxy) is 1. The SMILES string of the molecule is CCNCCCOc1c[c]ccc1C(F)(F)F.O=C(O)C(F)(F)F. The Balaban J connectivity index is 0.000000640. The van der Waals surface area contributed by atoms with Gasteiger partial charge in [-0.05, 0) is 37.7 Å². The molecule has 0 fully saturated rings. The molecule has 0 aromatic heterocycles. The summed E-state index contributed by atoms with van der Waals surface area (Å²) in [5.41, 5.74) is -0.750. The number of benzene rings is 1. The number of aliphatic carboxylic acids is 1. The molecule has 0 bridgehead atoms. The van der Waals surface area contributed by atoms with Crippen molar-refractivity contribution in [2.24, 2.45) is 0 Å². The molecule has 0 amide bonds. The summed E-state index contributed by atoms with van der Waals surface area (Å²) in [7, 11) is 0. The van der Waals surface area contributed by atoms with Crippen molar-refractivity contribution >= 4 is 5.97 Å². The number of halogens is 6. The number of carbonyl (C=O) groups is 1. The molecule has 0 aliphatic heterocycles. The summed E-state index contributed by atoms with van der Waals surface area (Å²) >= 11 is 0. The van der Waals surface area contributed by atoms with Crippen LogP contribution in [-0.2, 0) is 11.0 Å². The zero-order valence-corrected chi connectivity index (χ0v) is 12.6. The summed E-state index contributed by atoms with van der Waals surface area (Å²) in [6.45, 7) is 3.80. The molecule has 0 aliphatic carbocycles. The van der Waals surface area contributed by atoms with Crippen LogP contribution in [0, 0.1) is 6.07 Å². The monoisotopic (exact) mass is 360 g/mol. The zero-order valence-electron chi connectivity index (χ0n) is 12.6. The molecule has 24 heavy (non-hydrogen) atoms. The number of hydrogen-bond donors (Lipinski definition) is 2. The Morgan fingerprint density at radius 1 is 1.29 bits per heavy atom. The van der Waals surface area contributed by atoms with E-state index in [0.717, 1.165) is 19.2 Å². The maximum Gasteiger partial charge on any atom is 0.490 e. The Labute approximate surface area is 134 Å². The van der Waals surface area contributed by atoms with E-state index >= 15 is 0 Å². The molecule has 1 aromatic rings. The fourth-order valence-corrected chi connectivity index (χ4v) is 1.32. The van der Waals surface area contributed by atoms with Crippen LogP contribution in [0.5, 0.6) is 5.75 Å². The number of alkyl halides is 6. The molecule has 4 nitrogen and oxygen atoms in total. The van der Waals surface area contributed by atoms with Gasteiger partial charge in [0.15, 0.2) is 0 Å². The fraction of sp³-hybridized carbons (Fsp3) is 0.500. The maximum atomic E-state index is 12.6.